The molecule has 0 atom stereocenters. The zero-order valence-electron chi connectivity index (χ0n) is 14.1. The lowest BCUT2D eigenvalue weighted by molar-refractivity contribution is -0.384. The normalized spacial score (nSPS) is 10.8. The fraction of sp³-hybridized carbons (Fsp3) is 0.188. The van der Waals surface area contributed by atoms with Gasteiger partial charge in [0.05, 0.1) is 9.82 Å². The Morgan fingerprint density at radius 3 is 2.19 bits per heavy atom. The van der Waals surface area contributed by atoms with Gasteiger partial charge in [-0.2, -0.15) is 0 Å². The van der Waals surface area contributed by atoms with Crippen LogP contribution in [0.25, 0.3) is 0 Å². The number of carbonyl (C=O) groups is 1. The minimum atomic E-state index is -3.86. The zero-order chi connectivity index (χ0) is 19.3. The van der Waals surface area contributed by atoms with E-state index in [-0.39, 0.29) is 28.8 Å². The Morgan fingerprint density at radius 1 is 1.12 bits per heavy atom. The molecule has 138 valence electrons. The van der Waals surface area contributed by atoms with Gasteiger partial charge in [-0.3, -0.25) is 19.6 Å². The first-order valence-corrected chi connectivity index (χ1v) is 8.87. The summed E-state index contributed by atoms with van der Waals surface area (Å²) < 4.78 is 32.3. The fourth-order valence-corrected chi connectivity index (χ4v) is 2.91. The van der Waals surface area contributed by atoms with Crippen molar-refractivity contribution in [2.45, 2.75) is 4.90 Å². The molecular weight excluding hydrogens is 362 g/mol. The van der Waals surface area contributed by atoms with Crippen molar-refractivity contribution in [3.63, 3.8) is 0 Å². The van der Waals surface area contributed by atoms with Crippen LogP contribution >= 0.6 is 0 Å². The van der Waals surface area contributed by atoms with Gasteiger partial charge in [0.1, 0.15) is 5.75 Å². The number of likely N-dealkylation sites (N-methyl/N-ethyl adjacent to an activating group) is 1. The van der Waals surface area contributed by atoms with Crippen LogP contribution < -0.4 is 9.46 Å². The van der Waals surface area contributed by atoms with E-state index < -0.39 is 14.9 Å². The molecule has 10 heteroatoms. The second-order valence-corrected chi connectivity index (χ2v) is 7.14. The molecule has 26 heavy (non-hydrogen) atoms. The van der Waals surface area contributed by atoms with Crippen molar-refractivity contribution in [2.75, 3.05) is 25.4 Å². The Morgan fingerprint density at radius 2 is 1.69 bits per heavy atom. The number of benzene rings is 2. The summed E-state index contributed by atoms with van der Waals surface area (Å²) in [5.74, 6) is 0.135. The van der Waals surface area contributed by atoms with Crippen LogP contribution in [0.5, 0.6) is 5.75 Å². The monoisotopic (exact) mass is 379 g/mol. The lowest BCUT2D eigenvalue weighted by atomic mass is 10.3. The van der Waals surface area contributed by atoms with Crippen LogP contribution in [0.2, 0.25) is 0 Å². The molecule has 0 aliphatic carbocycles. The topological polar surface area (TPSA) is 119 Å². The molecule has 0 radical (unpaired) electrons. The summed E-state index contributed by atoms with van der Waals surface area (Å²) in [6.45, 7) is -0.153. The Balaban J connectivity index is 2.06. The molecule has 0 saturated heterocycles. The summed E-state index contributed by atoms with van der Waals surface area (Å²) in [5, 5.41) is 10.6. The summed E-state index contributed by atoms with van der Waals surface area (Å²) in [5.41, 5.74) is 0.0641. The van der Waals surface area contributed by atoms with Crippen molar-refractivity contribution in [1.82, 2.24) is 4.90 Å². The van der Waals surface area contributed by atoms with E-state index in [2.05, 4.69) is 4.72 Å². The number of hydrogen-bond acceptors (Lipinski definition) is 6. The first kappa shape index (κ1) is 19.2. The first-order chi connectivity index (χ1) is 12.2. The van der Waals surface area contributed by atoms with Gasteiger partial charge in [0.15, 0.2) is 6.61 Å². The van der Waals surface area contributed by atoms with Crippen LogP contribution in [0.15, 0.2) is 53.4 Å². The highest BCUT2D eigenvalue weighted by atomic mass is 32.2. The molecule has 9 nitrogen and oxygen atoms in total. The van der Waals surface area contributed by atoms with Crippen molar-refractivity contribution in [3.8, 4) is 5.75 Å². The maximum atomic E-state index is 12.3. The van der Waals surface area contributed by atoms with Crippen molar-refractivity contribution >= 4 is 27.3 Å². The van der Waals surface area contributed by atoms with E-state index in [1.54, 1.807) is 14.1 Å². The Hall–Kier alpha value is -3.14. The number of rotatable bonds is 7. The summed E-state index contributed by atoms with van der Waals surface area (Å²) in [7, 11) is -0.654. The van der Waals surface area contributed by atoms with Crippen LogP contribution in [-0.2, 0) is 14.8 Å². The smallest absolute Gasteiger partial charge is 0.269 e. The van der Waals surface area contributed by atoms with Gasteiger partial charge in [-0.15, -0.1) is 0 Å². The number of ether oxygens (including phenoxy) is 1. The molecule has 2 aromatic carbocycles. The summed E-state index contributed by atoms with van der Waals surface area (Å²) in [6, 6.07) is 10.6. The number of nitro groups is 1. The van der Waals surface area contributed by atoms with Gasteiger partial charge in [-0.25, -0.2) is 8.42 Å². The van der Waals surface area contributed by atoms with Crippen molar-refractivity contribution in [1.29, 1.82) is 0 Å². The van der Waals surface area contributed by atoms with Gasteiger partial charge in [0.25, 0.3) is 21.6 Å². The van der Waals surface area contributed by atoms with Gasteiger partial charge in [0, 0.05) is 31.9 Å². The van der Waals surface area contributed by atoms with Crippen molar-refractivity contribution in [3.05, 3.63) is 58.6 Å². The largest absolute Gasteiger partial charge is 0.484 e. The lowest BCUT2D eigenvalue weighted by Gasteiger charge is -2.12. The summed E-state index contributed by atoms with van der Waals surface area (Å²) in [4.78, 5) is 22.9. The van der Waals surface area contributed by atoms with Gasteiger partial charge in [0.2, 0.25) is 0 Å². The number of carbonyl (C=O) groups excluding carboxylic acids is 1. The van der Waals surface area contributed by atoms with Gasteiger partial charge >= 0.3 is 0 Å². The second-order valence-electron chi connectivity index (χ2n) is 5.46. The quantitative estimate of drug-likeness (QED) is 0.579. The third-order valence-electron chi connectivity index (χ3n) is 3.33. The molecule has 0 heterocycles. The molecule has 0 aliphatic heterocycles. The van der Waals surface area contributed by atoms with Crippen LogP contribution in [0.3, 0.4) is 0 Å². The third kappa shape index (κ3) is 4.93. The highest BCUT2D eigenvalue weighted by molar-refractivity contribution is 7.92. The maximum absolute atomic E-state index is 12.3. The predicted molar refractivity (Wildman–Crippen MR) is 94.5 cm³/mol. The number of amides is 1. The fourth-order valence-electron chi connectivity index (χ4n) is 1.85. The second kappa shape index (κ2) is 7.83. The standard InChI is InChI=1S/C16H17N3O6S/c1-18(2)16(20)11-25-14-7-9-15(10-8-14)26(23,24)17-12-3-5-13(6-4-12)19(21)22/h3-10,17H,11H2,1-2H3. The van der Waals surface area contributed by atoms with Gasteiger partial charge < -0.3 is 9.64 Å². The molecule has 2 aromatic rings. The van der Waals surface area contributed by atoms with Crippen molar-refractivity contribution in [2.24, 2.45) is 0 Å². The third-order valence-corrected chi connectivity index (χ3v) is 4.72. The number of nitrogens with one attached hydrogen (secondary N) is 1. The SMILES string of the molecule is CN(C)C(=O)COc1ccc(S(=O)(=O)Nc2ccc([N+](=O)[O-])cc2)cc1. The number of nitro benzene ring substituents is 1. The Kier molecular flexibility index (Phi) is 5.78. The molecule has 0 aliphatic rings. The molecule has 0 unspecified atom stereocenters. The molecule has 0 spiro atoms. The summed E-state index contributed by atoms with van der Waals surface area (Å²) >= 11 is 0. The predicted octanol–water partition coefficient (Wildman–Crippen LogP) is 1.86. The van der Waals surface area contributed by atoms with E-state index in [0.717, 1.165) is 0 Å². The minimum absolute atomic E-state index is 0.0119. The van der Waals surface area contributed by atoms with E-state index >= 15 is 0 Å². The average Bonchev–Trinajstić information content (AvgIpc) is 2.60. The van der Waals surface area contributed by atoms with Crippen LogP contribution in [0.4, 0.5) is 11.4 Å². The van der Waals surface area contributed by atoms with E-state index in [4.69, 9.17) is 4.74 Å². The number of anilines is 1. The van der Waals surface area contributed by atoms with Gasteiger partial charge in [-0.1, -0.05) is 0 Å². The Labute approximate surface area is 150 Å². The minimum Gasteiger partial charge on any atom is -0.484 e. The summed E-state index contributed by atoms with van der Waals surface area (Å²) in [6.07, 6.45) is 0. The average molecular weight is 379 g/mol. The van der Waals surface area contributed by atoms with Gasteiger partial charge in [-0.05, 0) is 36.4 Å². The van der Waals surface area contributed by atoms with Crippen LogP contribution in [-0.4, -0.2) is 44.9 Å². The lowest BCUT2D eigenvalue weighted by Crippen LogP contribution is -2.27. The number of non-ortho nitro benzene ring substituents is 1. The maximum Gasteiger partial charge on any atom is 0.269 e. The Bertz CT molecular complexity index is 893. The number of nitrogens with zero attached hydrogens (tertiary/aromatic N) is 2. The van der Waals surface area contributed by atoms with E-state index in [0.29, 0.717) is 5.75 Å². The van der Waals surface area contributed by atoms with E-state index in [1.807, 2.05) is 0 Å². The highest BCUT2D eigenvalue weighted by Gasteiger charge is 2.15. The van der Waals surface area contributed by atoms with Crippen LogP contribution in [0.1, 0.15) is 0 Å². The molecule has 1 amide bonds. The first-order valence-electron chi connectivity index (χ1n) is 7.39. The number of hydrogen-bond donors (Lipinski definition) is 1. The van der Waals surface area contributed by atoms with Crippen molar-refractivity contribution < 1.29 is 22.9 Å². The molecule has 2 rings (SSSR count). The molecule has 0 fully saturated rings. The van der Waals surface area contributed by atoms with Crippen LogP contribution in [0, 0.1) is 10.1 Å². The molecular formula is C16H17N3O6S. The zero-order valence-corrected chi connectivity index (χ0v) is 14.9. The highest BCUT2D eigenvalue weighted by Crippen LogP contribution is 2.21. The number of sulfonamides is 1. The molecule has 0 bridgehead atoms. The molecule has 1 N–H and O–H groups in total. The molecule has 0 aromatic heterocycles. The van der Waals surface area contributed by atoms with E-state index in [1.165, 1.54) is 53.4 Å². The molecule has 0 saturated carbocycles. The van der Waals surface area contributed by atoms with E-state index in [9.17, 15) is 23.3 Å².